The average molecular weight is 654 g/mol. The van der Waals surface area contributed by atoms with Crippen LogP contribution in [-0.2, 0) is 30.8 Å². The third kappa shape index (κ3) is 6.18. The number of ether oxygens (including phenoxy) is 4. The summed E-state index contributed by atoms with van der Waals surface area (Å²) in [5, 5.41) is 4.03. The lowest BCUT2D eigenvalue weighted by Crippen LogP contribution is -2.60. The van der Waals surface area contributed by atoms with Crippen molar-refractivity contribution in [3.8, 4) is 5.75 Å². The molecule has 0 spiro atoms. The lowest BCUT2D eigenvalue weighted by molar-refractivity contribution is -0.137. The van der Waals surface area contributed by atoms with Crippen molar-refractivity contribution in [3.05, 3.63) is 99.0 Å². The number of alkyl halides is 3. The molecule has 14 heteroatoms. The number of primary amides is 1. The van der Waals surface area contributed by atoms with E-state index in [0.717, 1.165) is 23.1 Å². The molecule has 5 rings (SSSR count). The SMILES string of the molecule is CCOc1cc(C(F)(F)F)ccc1C1(C(N)=O)NC(c2ccc(Cl)cc2)C(c2ccc(Cl)cc2)N1C(=O)OCC1OCCO1. The highest BCUT2D eigenvalue weighted by molar-refractivity contribution is 6.30. The number of benzene rings is 3. The predicted molar refractivity (Wildman–Crippen MR) is 154 cm³/mol. The lowest BCUT2D eigenvalue weighted by Gasteiger charge is -2.38. The molecule has 3 aromatic rings. The highest BCUT2D eigenvalue weighted by Crippen LogP contribution is 2.51. The Hall–Kier alpha value is -3.55. The predicted octanol–water partition coefficient (Wildman–Crippen LogP) is 5.95. The van der Waals surface area contributed by atoms with Crippen molar-refractivity contribution in [2.45, 2.75) is 37.1 Å². The van der Waals surface area contributed by atoms with E-state index < -0.39 is 47.8 Å². The second-order valence-electron chi connectivity index (χ2n) is 10.0. The normalized spacial score (nSPS) is 22.3. The zero-order chi connectivity index (χ0) is 31.6. The Morgan fingerprint density at radius 1 is 1.00 bits per heavy atom. The van der Waals surface area contributed by atoms with Crippen LogP contribution in [0.2, 0.25) is 10.0 Å². The van der Waals surface area contributed by atoms with Crippen molar-refractivity contribution >= 4 is 35.2 Å². The minimum absolute atomic E-state index is 0.0504. The first kappa shape index (κ1) is 31.9. The van der Waals surface area contributed by atoms with Gasteiger partial charge in [-0.2, -0.15) is 13.2 Å². The van der Waals surface area contributed by atoms with E-state index in [1.54, 1.807) is 55.5 Å². The van der Waals surface area contributed by atoms with Crippen LogP contribution in [0.4, 0.5) is 18.0 Å². The van der Waals surface area contributed by atoms with Gasteiger partial charge in [0, 0.05) is 15.6 Å². The van der Waals surface area contributed by atoms with Crippen LogP contribution in [0.5, 0.6) is 5.75 Å². The molecule has 2 aliphatic heterocycles. The topological polar surface area (TPSA) is 112 Å². The van der Waals surface area contributed by atoms with Gasteiger partial charge in [0.25, 0.3) is 5.91 Å². The molecule has 2 aliphatic rings. The van der Waals surface area contributed by atoms with Crippen molar-refractivity contribution in [3.63, 3.8) is 0 Å². The van der Waals surface area contributed by atoms with E-state index in [0.29, 0.717) is 34.4 Å². The first-order valence-corrected chi connectivity index (χ1v) is 14.3. The van der Waals surface area contributed by atoms with Gasteiger partial charge in [-0.1, -0.05) is 53.5 Å². The number of rotatable bonds is 8. The maximum atomic E-state index is 14.1. The molecule has 44 heavy (non-hydrogen) atoms. The van der Waals surface area contributed by atoms with Crippen molar-refractivity contribution in [2.75, 3.05) is 26.4 Å². The Kier molecular flexibility index (Phi) is 9.28. The minimum Gasteiger partial charge on any atom is -0.493 e. The molecule has 9 nitrogen and oxygen atoms in total. The maximum absolute atomic E-state index is 14.1. The molecule has 2 saturated heterocycles. The number of hydrogen-bond acceptors (Lipinski definition) is 7. The molecular weight excluding hydrogens is 626 g/mol. The molecule has 0 radical (unpaired) electrons. The first-order valence-electron chi connectivity index (χ1n) is 13.6. The molecular formula is C30H28Cl2F3N3O6. The molecule has 3 N–H and O–H groups in total. The summed E-state index contributed by atoms with van der Waals surface area (Å²) in [6.07, 6.45) is -6.58. The molecule has 2 heterocycles. The molecule has 2 amide bonds. The Balaban J connectivity index is 1.74. The molecule has 2 fully saturated rings. The zero-order valence-corrected chi connectivity index (χ0v) is 24.8. The van der Waals surface area contributed by atoms with Gasteiger partial charge in [-0.05, 0) is 54.4 Å². The summed E-state index contributed by atoms with van der Waals surface area (Å²) in [5.74, 6) is -1.40. The van der Waals surface area contributed by atoms with Gasteiger partial charge in [0.1, 0.15) is 12.4 Å². The molecule has 0 aliphatic carbocycles. The van der Waals surface area contributed by atoms with Crippen LogP contribution in [0.15, 0.2) is 66.7 Å². The second kappa shape index (κ2) is 12.8. The highest BCUT2D eigenvalue weighted by Gasteiger charge is 2.61. The summed E-state index contributed by atoms with van der Waals surface area (Å²) < 4.78 is 63.3. The number of nitrogens with two attached hydrogens (primary N) is 1. The molecule has 3 unspecified atom stereocenters. The van der Waals surface area contributed by atoms with Gasteiger partial charge < -0.3 is 24.7 Å². The van der Waals surface area contributed by atoms with Crippen LogP contribution < -0.4 is 15.8 Å². The number of nitrogens with one attached hydrogen (secondary N) is 1. The van der Waals surface area contributed by atoms with Gasteiger partial charge >= 0.3 is 12.3 Å². The van der Waals surface area contributed by atoms with E-state index in [9.17, 15) is 22.8 Å². The Morgan fingerprint density at radius 3 is 2.14 bits per heavy atom. The van der Waals surface area contributed by atoms with Crippen LogP contribution in [-0.4, -0.2) is 49.6 Å². The fraction of sp³-hybridized carbons (Fsp3) is 0.333. The molecule has 0 saturated carbocycles. The maximum Gasteiger partial charge on any atom is 0.416 e. The molecule has 3 atom stereocenters. The minimum atomic E-state index is -4.72. The number of nitrogens with zero attached hydrogens (tertiary/aromatic N) is 1. The summed E-state index contributed by atoms with van der Waals surface area (Å²) in [6.45, 7) is 1.80. The lowest BCUT2D eigenvalue weighted by atomic mass is 9.93. The highest BCUT2D eigenvalue weighted by atomic mass is 35.5. The molecule has 0 aromatic heterocycles. The number of hydrogen-bond donors (Lipinski definition) is 2. The van der Waals surface area contributed by atoms with Crippen LogP contribution in [0.1, 0.15) is 41.3 Å². The van der Waals surface area contributed by atoms with Crippen molar-refractivity contribution in [1.29, 1.82) is 0 Å². The Morgan fingerprint density at radius 2 is 1.59 bits per heavy atom. The van der Waals surface area contributed by atoms with Crippen molar-refractivity contribution in [2.24, 2.45) is 5.73 Å². The van der Waals surface area contributed by atoms with Gasteiger partial charge in [-0.25, -0.2) is 4.79 Å². The standard InChI is InChI=1S/C30H28Cl2F3N3O6/c1-2-41-23-15-19(30(33,34)35)7-12-22(23)29(27(36)39)37-25(17-3-8-20(31)9-4-17)26(18-5-10-21(32)11-6-18)38(29)28(40)44-16-24-42-13-14-43-24/h3-12,15,24-26,37H,2,13-14,16H2,1H3,(H2,36,39). The fourth-order valence-electron chi connectivity index (χ4n) is 5.43. The number of amides is 2. The van der Waals surface area contributed by atoms with E-state index in [1.165, 1.54) is 0 Å². The van der Waals surface area contributed by atoms with Crippen molar-refractivity contribution < 1.29 is 41.7 Å². The summed E-state index contributed by atoms with van der Waals surface area (Å²) in [4.78, 5) is 29.0. The van der Waals surface area contributed by atoms with E-state index >= 15 is 0 Å². The van der Waals surface area contributed by atoms with Crippen LogP contribution in [0, 0.1) is 0 Å². The van der Waals surface area contributed by atoms with Gasteiger partial charge in [0.05, 0.1) is 37.5 Å². The number of carbonyl (C=O) groups is 2. The summed E-state index contributed by atoms with van der Waals surface area (Å²) in [6, 6.07) is 13.9. The Labute approximate surface area is 260 Å². The number of carbonyl (C=O) groups excluding carboxylic acids is 2. The van der Waals surface area contributed by atoms with Crippen LogP contribution in [0.25, 0.3) is 0 Å². The van der Waals surface area contributed by atoms with E-state index in [2.05, 4.69) is 5.32 Å². The van der Waals surface area contributed by atoms with E-state index in [-0.39, 0.29) is 24.5 Å². The van der Waals surface area contributed by atoms with Crippen LogP contribution in [0.3, 0.4) is 0 Å². The first-order chi connectivity index (χ1) is 21.0. The molecule has 234 valence electrons. The summed E-state index contributed by atoms with van der Waals surface area (Å²) in [7, 11) is 0. The van der Waals surface area contributed by atoms with E-state index in [4.69, 9.17) is 47.9 Å². The number of halogens is 5. The quantitative estimate of drug-likeness (QED) is 0.309. The fourth-order valence-corrected chi connectivity index (χ4v) is 5.69. The van der Waals surface area contributed by atoms with Crippen LogP contribution >= 0.6 is 23.2 Å². The summed E-state index contributed by atoms with van der Waals surface area (Å²) in [5.41, 5.74) is 3.80. The smallest absolute Gasteiger partial charge is 0.416 e. The monoisotopic (exact) mass is 653 g/mol. The average Bonchev–Trinajstić information content (AvgIpc) is 3.64. The van der Waals surface area contributed by atoms with Gasteiger partial charge in [-0.15, -0.1) is 0 Å². The third-order valence-electron chi connectivity index (χ3n) is 7.35. The molecule has 3 aromatic carbocycles. The Bertz CT molecular complexity index is 1500. The van der Waals surface area contributed by atoms with Gasteiger partial charge in [0.2, 0.25) is 5.66 Å². The zero-order valence-electron chi connectivity index (χ0n) is 23.3. The van der Waals surface area contributed by atoms with E-state index in [1.807, 2.05) is 0 Å². The molecule has 0 bridgehead atoms. The third-order valence-corrected chi connectivity index (χ3v) is 7.85. The summed E-state index contributed by atoms with van der Waals surface area (Å²) >= 11 is 12.3. The van der Waals surface area contributed by atoms with Gasteiger partial charge in [0.15, 0.2) is 6.29 Å². The van der Waals surface area contributed by atoms with Crippen molar-refractivity contribution in [1.82, 2.24) is 10.2 Å². The largest absolute Gasteiger partial charge is 0.493 e. The second-order valence-corrected chi connectivity index (χ2v) is 10.9. The van der Waals surface area contributed by atoms with Gasteiger partial charge in [-0.3, -0.25) is 15.0 Å².